The monoisotopic (exact) mass is 378 g/mol. The second-order valence-electron chi connectivity index (χ2n) is 5.07. The molecular weight excluding hydrogens is 356 g/mol. The largest absolute Gasteiger partial charge is 0.466 e. The van der Waals surface area contributed by atoms with Crippen molar-refractivity contribution >= 4 is 35.8 Å². The minimum atomic E-state index is -3.46. The Balaban J connectivity index is 0.000000763. The molecule has 1 aliphatic rings. The molecule has 1 saturated carbocycles. The molecule has 0 aromatic carbocycles. The predicted molar refractivity (Wildman–Crippen MR) is 83.6 cm³/mol. The van der Waals surface area contributed by atoms with Gasteiger partial charge in [-0.3, -0.25) is 8.98 Å². The molecule has 0 saturated heterocycles. The molecule has 0 amide bonds. The standard InChI is InChI=1S/C11H20O5S.CH3ClO2S/c1-3-15-11(12)8-9-6-4-5-7-10(9)16-17(2,13)14;1-5(2,3)4/h9-10H,3-8H2,1-2H3;1H3. The van der Waals surface area contributed by atoms with Crippen molar-refractivity contribution in [2.24, 2.45) is 5.92 Å². The minimum Gasteiger partial charge on any atom is -0.466 e. The summed E-state index contributed by atoms with van der Waals surface area (Å²) in [4.78, 5) is 11.4. The van der Waals surface area contributed by atoms with Gasteiger partial charge in [-0.25, -0.2) is 8.42 Å². The van der Waals surface area contributed by atoms with Crippen LogP contribution >= 0.6 is 10.7 Å². The number of rotatable bonds is 5. The summed E-state index contributed by atoms with van der Waals surface area (Å²) in [6, 6.07) is 0. The van der Waals surface area contributed by atoms with Gasteiger partial charge in [0, 0.05) is 10.7 Å². The van der Waals surface area contributed by atoms with Gasteiger partial charge in [0.1, 0.15) is 0 Å². The molecule has 7 nitrogen and oxygen atoms in total. The minimum absolute atomic E-state index is 0.0440. The van der Waals surface area contributed by atoms with Gasteiger partial charge in [-0.15, -0.1) is 0 Å². The molecular formula is C12H23ClO7S2. The van der Waals surface area contributed by atoms with E-state index < -0.39 is 19.2 Å². The summed E-state index contributed by atoms with van der Waals surface area (Å²) in [6.45, 7) is 2.10. The first-order valence-electron chi connectivity index (χ1n) is 6.86. The van der Waals surface area contributed by atoms with Crippen LogP contribution in [-0.4, -0.2) is 48.0 Å². The van der Waals surface area contributed by atoms with Gasteiger partial charge in [0.05, 0.1) is 31.6 Å². The fraction of sp³-hybridized carbons (Fsp3) is 0.917. The Hall–Kier alpha value is -0.380. The SMILES string of the molecule is CCOC(=O)CC1CCCCC1OS(C)(=O)=O.CS(=O)(=O)Cl. The highest BCUT2D eigenvalue weighted by molar-refractivity contribution is 8.13. The number of halogens is 1. The lowest BCUT2D eigenvalue weighted by molar-refractivity contribution is -0.145. The van der Waals surface area contributed by atoms with E-state index in [1.54, 1.807) is 6.92 Å². The van der Waals surface area contributed by atoms with Crippen LogP contribution in [0.1, 0.15) is 39.0 Å². The molecule has 1 fully saturated rings. The van der Waals surface area contributed by atoms with E-state index in [2.05, 4.69) is 10.7 Å². The summed E-state index contributed by atoms with van der Waals surface area (Å²) in [5.74, 6) is -0.320. The van der Waals surface area contributed by atoms with E-state index in [1.807, 2.05) is 0 Å². The Bertz CT molecular complexity index is 534. The topological polar surface area (TPSA) is 104 Å². The Morgan fingerprint density at radius 2 is 1.64 bits per heavy atom. The molecule has 1 aliphatic carbocycles. The van der Waals surface area contributed by atoms with Gasteiger partial charge < -0.3 is 4.74 Å². The van der Waals surface area contributed by atoms with Crippen LogP contribution < -0.4 is 0 Å². The summed E-state index contributed by atoms with van der Waals surface area (Å²) < 4.78 is 50.9. The first-order chi connectivity index (χ1) is 9.92. The molecule has 132 valence electrons. The van der Waals surface area contributed by atoms with Crippen molar-refractivity contribution in [3.05, 3.63) is 0 Å². The van der Waals surface area contributed by atoms with Crippen molar-refractivity contribution in [3.63, 3.8) is 0 Å². The summed E-state index contributed by atoms with van der Waals surface area (Å²) in [7, 11) is -2.15. The molecule has 1 rings (SSSR count). The van der Waals surface area contributed by atoms with Crippen LogP contribution in [0.3, 0.4) is 0 Å². The maximum Gasteiger partial charge on any atom is 0.306 e. The number of hydrogen-bond acceptors (Lipinski definition) is 7. The van der Waals surface area contributed by atoms with Crippen molar-refractivity contribution in [1.82, 2.24) is 0 Å². The highest BCUT2D eigenvalue weighted by Crippen LogP contribution is 2.30. The number of carbonyl (C=O) groups is 1. The van der Waals surface area contributed by atoms with E-state index in [0.717, 1.165) is 31.8 Å². The first-order valence-corrected chi connectivity index (χ1v) is 11.4. The molecule has 0 heterocycles. The highest BCUT2D eigenvalue weighted by atomic mass is 35.7. The second-order valence-corrected chi connectivity index (χ2v) is 9.72. The van der Waals surface area contributed by atoms with Gasteiger partial charge in [-0.2, -0.15) is 8.42 Å². The van der Waals surface area contributed by atoms with Gasteiger partial charge in [-0.1, -0.05) is 12.8 Å². The van der Waals surface area contributed by atoms with Crippen molar-refractivity contribution < 1.29 is 30.6 Å². The smallest absolute Gasteiger partial charge is 0.306 e. The average Bonchev–Trinajstić information content (AvgIpc) is 2.28. The van der Waals surface area contributed by atoms with Crippen LogP contribution in [0.2, 0.25) is 0 Å². The van der Waals surface area contributed by atoms with Crippen LogP contribution in [0, 0.1) is 5.92 Å². The summed E-state index contributed by atoms with van der Waals surface area (Å²) in [5, 5.41) is 0. The van der Waals surface area contributed by atoms with Crippen LogP contribution in [0.4, 0.5) is 0 Å². The van der Waals surface area contributed by atoms with Crippen LogP contribution in [0.5, 0.6) is 0 Å². The van der Waals surface area contributed by atoms with Crippen LogP contribution in [0.25, 0.3) is 0 Å². The number of hydrogen-bond donors (Lipinski definition) is 0. The Morgan fingerprint density at radius 3 is 2.09 bits per heavy atom. The van der Waals surface area contributed by atoms with E-state index >= 15 is 0 Å². The zero-order valence-corrected chi connectivity index (χ0v) is 15.3. The predicted octanol–water partition coefficient (Wildman–Crippen LogP) is 1.66. The van der Waals surface area contributed by atoms with E-state index in [9.17, 15) is 21.6 Å². The van der Waals surface area contributed by atoms with Crippen molar-refractivity contribution in [2.75, 3.05) is 19.1 Å². The molecule has 0 spiro atoms. The van der Waals surface area contributed by atoms with Gasteiger partial charge in [0.2, 0.25) is 9.05 Å². The molecule has 0 aromatic rings. The fourth-order valence-corrected chi connectivity index (χ4v) is 2.89. The first kappa shape index (κ1) is 21.6. The Labute approximate surface area is 136 Å². The highest BCUT2D eigenvalue weighted by Gasteiger charge is 2.30. The molecule has 2 atom stereocenters. The molecule has 10 heteroatoms. The quantitative estimate of drug-likeness (QED) is 0.407. The molecule has 0 bridgehead atoms. The van der Waals surface area contributed by atoms with Gasteiger partial charge in [-0.05, 0) is 25.7 Å². The van der Waals surface area contributed by atoms with Crippen molar-refractivity contribution in [3.8, 4) is 0 Å². The number of esters is 1. The number of ether oxygens (including phenoxy) is 1. The lowest BCUT2D eigenvalue weighted by atomic mass is 9.84. The van der Waals surface area contributed by atoms with E-state index in [-0.39, 0.29) is 24.4 Å². The third-order valence-electron chi connectivity index (χ3n) is 2.87. The van der Waals surface area contributed by atoms with Crippen molar-refractivity contribution in [1.29, 1.82) is 0 Å². The van der Waals surface area contributed by atoms with Gasteiger partial charge >= 0.3 is 5.97 Å². The molecule has 0 aliphatic heterocycles. The average molecular weight is 379 g/mol. The van der Waals surface area contributed by atoms with E-state index in [1.165, 1.54) is 0 Å². The molecule has 0 aromatic heterocycles. The maximum atomic E-state index is 11.4. The fourth-order valence-electron chi connectivity index (χ4n) is 2.19. The normalized spacial score (nSPS) is 22.4. The lowest BCUT2D eigenvalue weighted by Crippen LogP contribution is -2.31. The van der Waals surface area contributed by atoms with E-state index in [4.69, 9.17) is 8.92 Å². The summed E-state index contributed by atoms with van der Waals surface area (Å²) in [5.41, 5.74) is 0. The summed E-state index contributed by atoms with van der Waals surface area (Å²) in [6.07, 6.45) is 5.30. The van der Waals surface area contributed by atoms with Crippen molar-refractivity contribution in [2.45, 2.75) is 45.1 Å². The second kappa shape index (κ2) is 9.69. The van der Waals surface area contributed by atoms with Crippen LogP contribution in [-0.2, 0) is 32.9 Å². The van der Waals surface area contributed by atoms with E-state index in [0.29, 0.717) is 13.0 Å². The maximum absolute atomic E-state index is 11.4. The van der Waals surface area contributed by atoms with Gasteiger partial charge in [0.15, 0.2) is 0 Å². The third kappa shape index (κ3) is 13.3. The molecule has 22 heavy (non-hydrogen) atoms. The molecule has 0 N–H and O–H groups in total. The molecule has 2 unspecified atom stereocenters. The zero-order chi connectivity index (χ0) is 17.4. The Morgan fingerprint density at radius 1 is 1.14 bits per heavy atom. The number of carbonyl (C=O) groups excluding carboxylic acids is 1. The van der Waals surface area contributed by atoms with Crippen LogP contribution in [0.15, 0.2) is 0 Å². The Kier molecular flexibility index (Phi) is 9.52. The van der Waals surface area contributed by atoms with Gasteiger partial charge in [0.25, 0.3) is 10.1 Å². The molecule has 0 radical (unpaired) electrons. The third-order valence-corrected chi connectivity index (χ3v) is 3.47. The summed E-state index contributed by atoms with van der Waals surface area (Å²) >= 11 is 0. The zero-order valence-electron chi connectivity index (χ0n) is 12.9. The lowest BCUT2D eigenvalue weighted by Gasteiger charge is -2.29.